The molecule has 1 saturated heterocycles. The quantitative estimate of drug-likeness (QED) is 0.198. The molecule has 1 aromatic carbocycles. The van der Waals surface area contributed by atoms with Crippen LogP contribution >= 0.6 is 24.0 Å². The summed E-state index contributed by atoms with van der Waals surface area (Å²) in [5.41, 5.74) is 2.35. The largest absolute Gasteiger partial charge is 0.493 e. The molecule has 0 aromatic heterocycles. The Labute approximate surface area is 200 Å². The third-order valence-corrected chi connectivity index (χ3v) is 5.23. The number of halogens is 1. The van der Waals surface area contributed by atoms with Gasteiger partial charge in [0.2, 0.25) is 0 Å². The van der Waals surface area contributed by atoms with Crippen LogP contribution in [0.25, 0.3) is 0 Å². The number of ether oxygens (including phenoxy) is 1. The van der Waals surface area contributed by atoms with Crippen molar-refractivity contribution in [2.45, 2.75) is 46.6 Å². The van der Waals surface area contributed by atoms with Crippen molar-refractivity contribution in [1.29, 1.82) is 0 Å². The maximum absolute atomic E-state index is 5.92. The Bertz CT molecular complexity index is 618. The summed E-state index contributed by atoms with van der Waals surface area (Å²) in [6.07, 6.45) is 3.39. The number of guanidine groups is 1. The Kier molecular flexibility index (Phi) is 14.1. The predicted octanol–water partition coefficient (Wildman–Crippen LogP) is 3.48. The molecule has 0 amide bonds. The molecule has 0 aliphatic carbocycles. The van der Waals surface area contributed by atoms with Gasteiger partial charge in [-0.05, 0) is 58.3 Å². The van der Waals surface area contributed by atoms with Crippen molar-refractivity contribution in [3.05, 3.63) is 29.3 Å². The van der Waals surface area contributed by atoms with Crippen LogP contribution in [0.4, 0.5) is 0 Å². The van der Waals surface area contributed by atoms with Crippen molar-refractivity contribution < 1.29 is 4.74 Å². The summed E-state index contributed by atoms with van der Waals surface area (Å²) in [6, 6.07) is 6.37. The minimum Gasteiger partial charge on any atom is -0.493 e. The van der Waals surface area contributed by atoms with Gasteiger partial charge in [-0.3, -0.25) is 0 Å². The predicted molar refractivity (Wildman–Crippen MR) is 138 cm³/mol. The number of aliphatic imine (C=N–C) groups is 1. The Morgan fingerprint density at radius 2 is 1.87 bits per heavy atom. The van der Waals surface area contributed by atoms with Gasteiger partial charge in [0.25, 0.3) is 0 Å². The van der Waals surface area contributed by atoms with Crippen molar-refractivity contribution in [2.75, 3.05) is 59.5 Å². The van der Waals surface area contributed by atoms with Gasteiger partial charge in [-0.1, -0.05) is 19.1 Å². The zero-order valence-electron chi connectivity index (χ0n) is 19.4. The summed E-state index contributed by atoms with van der Waals surface area (Å²) in [5, 5.41) is 6.84. The molecule has 2 rings (SSSR count). The second kappa shape index (κ2) is 15.7. The van der Waals surface area contributed by atoms with E-state index < -0.39 is 0 Å². The van der Waals surface area contributed by atoms with Gasteiger partial charge in [0.15, 0.2) is 5.96 Å². The summed E-state index contributed by atoms with van der Waals surface area (Å²) in [6.45, 7) is 15.5. The third kappa shape index (κ3) is 10.3. The van der Waals surface area contributed by atoms with Gasteiger partial charge >= 0.3 is 0 Å². The molecule has 0 unspecified atom stereocenters. The van der Waals surface area contributed by atoms with Crippen LogP contribution in [-0.4, -0.2) is 75.2 Å². The van der Waals surface area contributed by atoms with E-state index in [-0.39, 0.29) is 24.0 Å². The highest BCUT2D eigenvalue weighted by molar-refractivity contribution is 14.0. The Morgan fingerprint density at radius 1 is 1.10 bits per heavy atom. The van der Waals surface area contributed by atoms with E-state index in [4.69, 9.17) is 9.73 Å². The van der Waals surface area contributed by atoms with Gasteiger partial charge in [0.05, 0.1) is 13.2 Å². The molecule has 0 spiro atoms. The SMILES string of the molecule is CCCOc1cc(C)ccc1CN=C(NCC)NCCCCN1CCN(C)CC1.I. The van der Waals surface area contributed by atoms with Crippen LogP contribution in [-0.2, 0) is 6.54 Å². The highest BCUT2D eigenvalue weighted by atomic mass is 127. The summed E-state index contributed by atoms with van der Waals surface area (Å²) < 4.78 is 5.92. The maximum atomic E-state index is 5.92. The van der Waals surface area contributed by atoms with Crippen LogP contribution in [0.15, 0.2) is 23.2 Å². The van der Waals surface area contributed by atoms with Crippen molar-refractivity contribution in [3.8, 4) is 5.75 Å². The molecule has 6 nitrogen and oxygen atoms in total. The lowest BCUT2D eigenvalue weighted by molar-refractivity contribution is 0.152. The van der Waals surface area contributed by atoms with Gasteiger partial charge in [-0.25, -0.2) is 4.99 Å². The van der Waals surface area contributed by atoms with Gasteiger partial charge < -0.3 is 25.2 Å². The molecule has 2 N–H and O–H groups in total. The van der Waals surface area contributed by atoms with Crippen LogP contribution in [0.5, 0.6) is 5.75 Å². The fraction of sp³-hybridized carbons (Fsp3) is 0.696. The molecule has 1 aliphatic heterocycles. The van der Waals surface area contributed by atoms with E-state index >= 15 is 0 Å². The molecule has 172 valence electrons. The van der Waals surface area contributed by atoms with Crippen LogP contribution in [0.2, 0.25) is 0 Å². The smallest absolute Gasteiger partial charge is 0.191 e. The van der Waals surface area contributed by atoms with Gasteiger partial charge in [-0.15, -0.1) is 24.0 Å². The number of hydrogen-bond acceptors (Lipinski definition) is 4. The number of piperazine rings is 1. The first-order valence-corrected chi connectivity index (χ1v) is 11.3. The highest BCUT2D eigenvalue weighted by Crippen LogP contribution is 2.21. The fourth-order valence-electron chi connectivity index (χ4n) is 3.38. The Morgan fingerprint density at radius 3 is 2.57 bits per heavy atom. The first-order chi connectivity index (χ1) is 14.1. The number of benzene rings is 1. The van der Waals surface area contributed by atoms with Gasteiger partial charge in [-0.2, -0.15) is 0 Å². The molecule has 30 heavy (non-hydrogen) atoms. The second-order valence-electron chi connectivity index (χ2n) is 7.93. The molecule has 0 saturated carbocycles. The fourth-order valence-corrected chi connectivity index (χ4v) is 3.38. The average molecular weight is 532 g/mol. The molecular formula is C23H42IN5O. The zero-order valence-corrected chi connectivity index (χ0v) is 21.7. The lowest BCUT2D eigenvalue weighted by Crippen LogP contribution is -2.44. The molecule has 1 aliphatic rings. The molecule has 1 aromatic rings. The lowest BCUT2D eigenvalue weighted by Gasteiger charge is -2.32. The van der Waals surface area contributed by atoms with Crippen LogP contribution in [0.3, 0.4) is 0 Å². The Balaban J connectivity index is 0.00000450. The van der Waals surface area contributed by atoms with Gasteiger partial charge in [0.1, 0.15) is 5.75 Å². The second-order valence-corrected chi connectivity index (χ2v) is 7.93. The number of likely N-dealkylation sites (N-methyl/N-ethyl adjacent to an activating group) is 1. The minimum absolute atomic E-state index is 0. The summed E-state index contributed by atoms with van der Waals surface area (Å²) in [4.78, 5) is 9.76. The molecule has 1 fully saturated rings. The number of nitrogens with one attached hydrogen (secondary N) is 2. The zero-order chi connectivity index (χ0) is 20.9. The van der Waals surface area contributed by atoms with Crippen LogP contribution in [0, 0.1) is 6.92 Å². The molecule has 0 radical (unpaired) electrons. The first-order valence-electron chi connectivity index (χ1n) is 11.3. The van der Waals surface area contributed by atoms with Gasteiger partial charge in [0, 0.05) is 44.8 Å². The molecular weight excluding hydrogens is 489 g/mol. The van der Waals surface area contributed by atoms with E-state index in [1.165, 1.54) is 44.7 Å². The molecule has 1 heterocycles. The summed E-state index contributed by atoms with van der Waals surface area (Å²) in [7, 11) is 2.21. The normalized spacial score (nSPS) is 15.5. The van der Waals surface area contributed by atoms with E-state index in [2.05, 4.69) is 66.5 Å². The van der Waals surface area contributed by atoms with E-state index in [1.54, 1.807) is 0 Å². The van der Waals surface area contributed by atoms with E-state index in [0.717, 1.165) is 49.8 Å². The van der Waals surface area contributed by atoms with Crippen molar-refractivity contribution in [2.24, 2.45) is 4.99 Å². The van der Waals surface area contributed by atoms with E-state index in [0.29, 0.717) is 6.54 Å². The summed E-state index contributed by atoms with van der Waals surface area (Å²) >= 11 is 0. The number of aryl methyl sites for hydroxylation is 1. The van der Waals surface area contributed by atoms with Crippen molar-refractivity contribution in [1.82, 2.24) is 20.4 Å². The lowest BCUT2D eigenvalue weighted by atomic mass is 10.1. The monoisotopic (exact) mass is 531 g/mol. The standard InChI is InChI=1S/C23H41N5O.HI/c1-5-17-29-22-18-20(3)9-10-21(22)19-26-23(24-6-2)25-11-7-8-12-28-15-13-27(4)14-16-28;/h9-10,18H,5-8,11-17,19H2,1-4H3,(H2,24,25,26);1H. The van der Waals surface area contributed by atoms with Crippen LogP contribution < -0.4 is 15.4 Å². The highest BCUT2D eigenvalue weighted by Gasteiger charge is 2.12. The Hall–Kier alpha value is -1.06. The first kappa shape index (κ1) is 27.0. The summed E-state index contributed by atoms with van der Waals surface area (Å²) in [5.74, 6) is 1.84. The van der Waals surface area contributed by atoms with Crippen molar-refractivity contribution in [3.63, 3.8) is 0 Å². The number of unbranched alkanes of at least 4 members (excludes halogenated alkanes) is 1. The number of nitrogens with zero attached hydrogens (tertiary/aromatic N) is 3. The average Bonchev–Trinajstić information content (AvgIpc) is 2.72. The number of hydrogen-bond donors (Lipinski definition) is 2. The molecule has 0 atom stereocenters. The molecule has 0 bridgehead atoms. The molecule has 7 heteroatoms. The van der Waals surface area contributed by atoms with E-state index in [1.807, 2.05) is 0 Å². The number of rotatable bonds is 11. The third-order valence-electron chi connectivity index (χ3n) is 5.23. The van der Waals surface area contributed by atoms with E-state index in [9.17, 15) is 0 Å². The van der Waals surface area contributed by atoms with Crippen LogP contribution in [0.1, 0.15) is 44.2 Å². The maximum Gasteiger partial charge on any atom is 0.191 e. The minimum atomic E-state index is 0. The topological polar surface area (TPSA) is 52.1 Å². The van der Waals surface area contributed by atoms with Crippen molar-refractivity contribution >= 4 is 29.9 Å².